The molecule has 1 aliphatic rings. The first kappa shape index (κ1) is 18.5. The molecule has 0 aliphatic heterocycles. The Morgan fingerprint density at radius 3 is 2.42 bits per heavy atom. The van der Waals surface area contributed by atoms with Crippen molar-refractivity contribution in [3.05, 3.63) is 29.8 Å². The van der Waals surface area contributed by atoms with Gasteiger partial charge in [-0.25, -0.2) is 0 Å². The summed E-state index contributed by atoms with van der Waals surface area (Å²) in [5.41, 5.74) is 1.93. The number of likely N-dealkylation sites (N-methyl/N-ethyl adjacent to an activating group) is 1. The maximum Gasteiger partial charge on any atom is 0.238 e. The van der Waals surface area contributed by atoms with Gasteiger partial charge in [-0.1, -0.05) is 37.0 Å². The monoisotopic (exact) mass is 331 g/mol. The average Bonchev–Trinajstić information content (AvgIpc) is 2.57. The first-order valence-electron chi connectivity index (χ1n) is 8.83. The number of benzene rings is 1. The van der Waals surface area contributed by atoms with Crippen LogP contribution in [0.5, 0.6) is 0 Å². The van der Waals surface area contributed by atoms with Gasteiger partial charge in [0.15, 0.2) is 0 Å². The summed E-state index contributed by atoms with van der Waals surface area (Å²) in [6, 6.07) is 7.65. The summed E-state index contributed by atoms with van der Waals surface area (Å²) in [6.45, 7) is 4.04. The van der Waals surface area contributed by atoms with Crippen molar-refractivity contribution in [2.24, 2.45) is 0 Å². The van der Waals surface area contributed by atoms with Crippen LogP contribution < -0.4 is 10.6 Å². The molecule has 0 radical (unpaired) electrons. The van der Waals surface area contributed by atoms with Gasteiger partial charge in [-0.05, 0) is 45.9 Å². The van der Waals surface area contributed by atoms with E-state index in [4.69, 9.17) is 0 Å². The van der Waals surface area contributed by atoms with E-state index in [-0.39, 0.29) is 24.4 Å². The highest BCUT2D eigenvalue weighted by Crippen LogP contribution is 2.17. The summed E-state index contributed by atoms with van der Waals surface area (Å²) in [5, 5.41) is 5.98. The lowest BCUT2D eigenvalue weighted by Crippen LogP contribution is -2.49. The van der Waals surface area contributed by atoms with Crippen LogP contribution in [0.3, 0.4) is 0 Å². The third-order valence-corrected chi connectivity index (χ3v) is 4.72. The highest BCUT2D eigenvalue weighted by Gasteiger charge is 2.23. The fourth-order valence-corrected chi connectivity index (χ4v) is 2.97. The van der Waals surface area contributed by atoms with Crippen molar-refractivity contribution in [2.75, 3.05) is 18.9 Å². The summed E-state index contributed by atoms with van der Waals surface area (Å²) in [4.78, 5) is 26.3. The minimum atomic E-state index is -0.323. The third-order valence-electron chi connectivity index (χ3n) is 4.72. The standard InChI is InChI=1S/C19H29N3O2/c1-14-9-11-17(12-10-14)20-18(23)13-22(3)15(2)19(24)21-16-7-5-4-6-8-16/h9-12,15-16H,4-8,13H2,1-3H3,(H,20,23)(H,21,24)/t15-/m0/s1. The molecular formula is C19H29N3O2. The van der Waals surface area contributed by atoms with Crippen molar-refractivity contribution in [1.29, 1.82) is 0 Å². The molecule has 1 atom stereocenters. The van der Waals surface area contributed by atoms with Gasteiger partial charge in [0.25, 0.3) is 0 Å². The van der Waals surface area contributed by atoms with E-state index in [1.54, 1.807) is 11.9 Å². The summed E-state index contributed by atoms with van der Waals surface area (Å²) in [5.74, 6) is -0.105. The van der Waals surface area contributed by atoms with Crippen LogP contribution in [0.2, 0.25) is 0 Å². The van der Waals surface area contributed by atoms with Crippen LogP contribution in [0.25, 0.3) is 0 Å². The number of nitrogens with zero attached hydrogens (tertiary/aromatic N) is 1. The highest BCUT2D eigenvalue weighted by atomic mass is 16.2. The topological polar surface area (TPSA) is 61.4 Å². The number of hydrogen-bond acceptors (Lipinski definition) is 3. The maximum absolute atomic E-state index is 12.3. The Morgan fingerprint density at radius 2 is 1.79 bits per heavy atom. The molecular weight excluding hydrogens is 302 g/mol. The number of carbonyl (C=O) groups excluding carboxylic acids is 2. The van der Waals surface area contributed by atoms with E-state index in [2.05, 4.69) is 10.6 Å². The Labute approximate surface area is 144 Å². The minimum absolute atomic E-state index is 0.00698. The summed E-state index contributed by atoms with van der Waals surface area (Å²) in [7, 11) is 1.81. The summed E-state index contributed by atoms with van der Waals surface area (Å²) >= 11 is 0. The molecule has 5 nitrogen and oxygen atoms in total. The fraction of sp³-hybridized carbons (Fsp3) is 0.579. The zero-order valence-corrected chi connectivity index (χ0v) is 15.0. The second kappa shape index (κ2) is 8.83. The fourth-order valence-electron chi connectivity index (χ4n) is 2.97. The molecule has 24 heavy (non-hydrogen) atoms. The molecule has 2 rings (SSSR count). The molecule has 1 aromatic rings. The van der Waals surface area contributed by atoms with Crippen LogP contribution in [0.1, 0.15) is 44.6 Å². The van der Waals surface area contributed by atoms with Crippen LogP contribution in [0.4, 0.5) is 5.69 Å². The smallest absolute Gasteiger partial charge is 0.238 e. The SMILES string of the molecule is Cc1ccc(NC(=O)CN(C)[C@@H](C)C(=O)NC2CCCCC2)cc1. The zero-order valence-electron chi connectivity index (χ0n) is 15.0. The molecule has 0 spiro atoms. The number of amides is 2. The van der Waals surface area contributed by atoms with E-state index in [0.717, 1.165) is 24.1 Å². The van der Waals surface area contributed by atoms with Crippen LogP contribution in [-0.4, -0.2) is 42.4 Å². The lowest BCUT2D eigenvalue weighted by atomic mass is 9.95. The molecule has 1 fully saturated rings. The molecule has 5 heteroatoms. The van der Waals surface area contributed by atoms with Crippen molar-refractivity contribution in [2.45, 2.75) is 58.0 Å². The van der Waals surface area contributed by atoms with Gasteiger partial charge in [0.2, 0.25) is 11.8 Å². The second-order valence-electron chi connectivity index (χ2n) is 6.85. The quantitative estimate of drug-likeness (QED) is 0.842. The predicted octanol–water partition coefficient (Wildman–Crippen LogP) is 2.70. The van der Waals surface area contributed by atoms with Crippen molar-refractivity contribution in [3.63, 3.8) is 0 Å². The number of rotatable bonds is 6. The van der Waals surface area contributed by atoms with E-state index in [1.165, 1.54) is 19.3 Å². The number of anilines is 1. The van der Waals surface area contributed by atoms with Crippen LogP contribution >= 0.6 is 0 Å². The molecule has 1 aliphatic carbocycles. The van der Waals surface area contributed by atoms with Gasteiger partial charge in [-0.3, -0.25) is 14.5 Å². The van der Waals surface area contributed by atoms with Gasteiger partial charge in [0.1, 0.15) is 0 Å². The number of hydrogen-bond donors (Lipinski definition) is 2. The van der Waals surface area contributed by atoms with E-state index < -0.39 is 0 Å². The molecule has 2 N–H and O–H groups in total. The van der Waals surface area contributed by atoms with Crippen molar-refractivity contribution < 1.29 is 9.59 Å². The van der Waals surface area contributed by atoms with E-state index >= 15 is 0 Å². The first-order valence-corrected chi connectivity index (χ1v) is 8.83. The van der Waals surface area contributed by atoms with Gasteiger partial charge in [0.05, 0.1) is 12.6 Å². The largest absolute Gasteiger partial charge is 0.352 e. The minimum Gasteiger partial charge on any atom is -0.352 e. The lowest BCUT2D eigenvalue weighted by Gasteiger charge is -2.28. The Hall–Kier alpha value is -1.88. The van der Waals surface area contributed by atoms with Gasteiger partial charge in [-0.2, -0.15) is 0 Å². The third kappa shape index (κ3) is 5.64. The molecule has 0 bridgehead atoms. The Balaban J connectivity index is 1.79. The average molecular weight is 331 g/mol. The van der Waals surface area contributed by atoms with Crippen molar-refractivity contribution in [1.82, 2.24) is 10.2 Å². The zero-order chi connectivity index (χ0) is 17.5. The molecule has 0 aromatic heterocycles. The van der Waals surface area contributed by atoms with Crippen LogP contribution in [0.15, 0.2) is 24.3 Å². The number of nitrogens with one attached hydrogen (secondary N) is 2. The first-order chi connectivity index (χ1) is 11.5. The Morgan fingerprint density at radius 1 is 1.17 bits per heavy atom. The van der Waals surface area contributed by atoms with E-state index in [0.29, 0.717) is 6.04 Å². The Bertz CT molecular complexity index is 550. The molecule has 132 valence electrons. The van der Waals surface area contributed by atoms with Gasteiger partial charge >= 0.3 is 0 Å². The summed E-state index contributed by atoms with van der Waals surface area (Å²) < 4.78 is 0. The normalized spacial score (nSPS) is 16.7. The van der Waals surface area contributed by atoms with Gasteiger partial charge < -0.3 is 10.6 Å². The lowest BCUT2D eigenvalue weighted by molar-refractivity contribution is -0.127. The molecule has 2 amide bonds. The van der Waals surface area contributed by atoms with Crippen LogP contribution in [0, 0.1) is 6.92 Å². The van der Waals surface area contributed by atoms with E-state index in [1.807, 2.05) is 38.1 Å². The Kier molecular flexibility index (Phi) is 6.79. The molecule has 0 saturated heterocycles. The van der Waals surface area contributed by atoms with Gasteiger partial charge in [0, 0.05) is 11.7 Å². The molecule has 0 heterocycles. The molecule has 0 unspecified atom stereocenters. The predicted molar refractivity (Wildman–Crippen MR) is 96.9 cm³/mol. The van der Waals surface area contributed by atoms with Crippen molar-refractivity contribution >= 4 is 17.5 Å². The van der Waals surface area contributed by atoms with Gasteiger partial charge in [-0.15, -0.1) is 0 Å². The molecule has 1 saturated carbocycles. The highest BCUT2D eigenvalue weighted by molar-refractivity contribution is 5.92. The summed E-state index contributed by atoms with van der Waals surface area (Å²) in [6.07, 6.45) is 5.77. The number of carbonyl (C=O) groups is 2. The van der Waals surface area contributed by atoms with E-state index in [9.17, 15) is 9.59 Å². The van der Waals surface area contributed by atoms with Crippen molar-refractivity contribution in [3.8, 4) is 0 Å². The molecule has 1 aromatic carbocycles. The number of aryl methyl sites for hydroxylation is 1. The maximum atomic E-state index is 12.3. The second-order valence-corrected chi connectivity index (χ2v) is 6.85. The van der Waals surface area contributed by atoms with Crippen LogP contribution in [-0.2, 0) is 9.59 Å².